The minimum absolute atomic E-state index is 0.0604. The molecule has 1 fully saturated rings. The van der Waals surface area contributed by atoms with E-state index in [0.717, 1.165) is 0 Å². The van der Waals surface area contributed by atoms with Gasteiger partial charge in [0.05, 0.1) is 22.7 Å². The van der Waals surface area contributed by atoms with Crippen molar-refractivity contribution in [2.75, 3.05) is 0 Å². The zero-order valence-electron chi connectivity index (χ0n) is 13.0. The van der Waals surface area contributed by atoms with Crippen molar-refractivity contribution in [3.05, 3.63) is 46.3 Å². The number of amides is 1. The van der Waals surface area contributed by atoms with Gasteiger partial charge in [0, 0.05) is 18.2 Å². The molecule has 1 aliphatic carbocycles. The highest BCUT2D eigenvalue weighted by atomic mass is 16.6. The van der Waals surface area contributed by atoms with Crippen LogP contribution in [0.5, 0.6) is 0 Å². The van der Waals surface area contributed by atoms with Crippen LogP contribution >= 0.6 is 0 Å². The number of carbonyl (C=O) groups excluding carboxylic acids is 1. The monoisotopic (exact) mass is 345 g/mol. The molecule has 130 valence electrons. The first-order valence-electron chi connectivity index (χ1n) is 7.65. The van der Waals surface area contributed by atoms with Crippen molar-refractivity contribution in [2.24, 2.45) is 5.92 Å². The van der Waals surface area contributed by atoms with E-state index < -0.39 is 22.7 Å². The van der Waals surface area contributed by atoms with E-state index in [9.17, 15) is 19.7 Å². The van der Waals surface area contributed by atoms with E-state index in [4.69, 9.17) is 5.11 Å². The van der Waals surface area contributed by atoms with E-state index in [2.05, 4.69) is 15.6 Å². The summed E-state index contributed by atoms with van der Waals surface area (Å²) >= 11 is 0. The third-order valence-corrected chi connectivity index (χ3v) is 4.15. The molecule has 10 nitrogen and oxygen atoms in total. The fourth-order valence-corrected chi connectivity index (χ4v) is 2.84. The number of aromatic nitrogens is 3. The fraction of sp³-hybridized carbons (Fsp3) is 0.333. The summed E-state index contributed by atoms with van der Waals surface area (Å²) in [5.74, 6) is -1.74. The maximum Gasteiger partial charge on any atom is 0.306 e. The molecule has 2 N–H and O–H groups in total. The molecule has 1 saturated carbocycles. The van der Waals surface area contributed by atoms with E-state index in [-0.39, 0.29) is 17.4 Å². The van der Waals surface area contributed by atoms with Crippen LogP contribution in [0.25, 0.3) is 5.69 Å². The normalized spacial score (nSPS) is 19.5. The lowest BCUT2D eigenvalue weighted by Crippen LogP contribution is -2.33. The van der Waals surface area contributed by atoms with Gasteiger partial charge in [-0.3, -0.25) is 19.7 Å². The van der Waals surface area contributed by atoms with E-state index >= 15 is 0 Å². The van der Waals surface area contributed by atoms with Gasteiger partial charge < -0.3 is 10.4 Å². The molecule has 1 aromatic carbocycles. The average molecular weight is 345 g/mol. The molecule has 0 unspecified atom stereocenters. The number of hydrogen-bond donors (Lipinski definition) is 2. The van der Waals surface area contributed by atoms with Gasteiger partial charge in [0.2, 0.25) is 0 Å². The zero-order valence-corrected chi connectivity index (χ0v) is 13.0. The van der Waals surface area contributed by atoms with Crippen molar-refractivity contribution in [1.29, 1.82) is 0 Å². The summed E-state index contributed by atoms with van der Waals surface area (Å²) in [5.41, 5.74) is 0.377. The van der Waals surface area contributed by atoms with Crippen molar-refractivity contribution >= 4 is 17.6 Å². The van der Waals surface area contributed by atoms with E-state index in [1.807, 2.05) is 0 Å². The largest absolute Gasteiger partial charge is 0.481 e. The minimum Gasteiger partial charge on any atom is -0.481 e. The Kier molecular flexibility index (Phi) is 4.42. The number of non-ortho nitro benzene ring substituents is 1. The molecular formula is C15H15N5O5. The average Bonchev–Trinajstić information content (AvgIpc) is 3.24. The second kappa shape index (κ2) is 6.67. The number of nitro groups is 1. The van der Waals surface area contributed by atoms with Gasteiger partial charge in [-0.2, -0.15) is 0 Å². The second-order valence-electron chi connectivity index (χ2n) is 5.84. The van der Waals surface area contributed by atoms with Crippen molar-refractivity contribution in [3.8, 4) is 5.69 Å². The second-order valence-corrected chi connectivity index (χ2v) is 5.84. The number of carboxylic acids is 1. The molecule has 10 heteroatoms. The maximum absolute atomic E-state index is 12.2. The molecule has 2 atom stereocenters. The van der Waals surface area contributed by atoms with Gasteiger partial charge in [0.15, 0.2) is 5.69 Å². The molecular weight excluding hydrogens is 330 g/mol. The van der Waals surface area contributed by atoms with Crippen molar-refractivity contribution in [1.82, 2.24) is 20.3 Å². The summed E-state index contributed by atoms with van der Waals surface area (Å²) in [4.78, 5) is 33.5. The molecule has 0 bridgehead atoms. The number of carboxylic acid groups (broad SMARTS) is 1. The molecule has 25 heavy (non-hydrogen) atoms. The highest BCUT2D eigenvalue weighted by Crippen LogP contribution is 2.25. The van der Waals surface area contributed by atoms with Crippen LogP contribution in [0.15, 0.2) is 30.5 Å². The molecule has 1 heterocycles. The number of hydrogen-bond acceptors (Lipinski definition) is 6. The first-order chi connectivity index (χ1) is 11.9. The molecule has 0 saturated heterocycles. The van der Waals surface area contributed by atoms with Gasteiger partial charge in [0.25, 0.3) is 11.6 Å². The lowest BCUT2D eigenvalue weighted by atomic mass is 10.1. The van der Waals surface area contributed by atoms with E-state index in [0.29, 0.717) is 24.9 Å². The standard InChI is InChI=1S/C15H15N5O5/c21-14(16-10-5-4-9(6-10)15(22)23)13-8-19(18-17-13)11-2-1-3-12(7-11)20(24)25/h1-3,7-10H,4-6H2,(H,16,21)(H,22,23)/t9-,10+/m1/s1. The Morgan fingerprint density at radius 3 is 2.84 bits per heavy atom. The van der Waals surface area contributed by atoms with Crippen molar-refractivity contribution in [2.45, 2.75) is 25.3 Å². The summed E-state index contributed by atoms with van der Waals surface area (Å²) in [6.45, 7) is 0. The van der Waals surface area contributed by atoms with E-state index in [1.54, 1.807) is 6.07 Å². The van der Waals surface area contributed by atoms with Crippen LogP contribution in [0, 0.1) is 16.0 Å². The molecule has 1 amide bonds. The Hall–Kier alpha value is -3.30. The lowest BCUT2D eigenvalue weighted by Gasteiger charge is -2.10. The molecule has 0 radical (unpaired) electrons. The van der Waals surface area contributed by atoms with E-state index in [1.165, 1.54) is 29.1 Å². The first-order valence-corrected chi connectivity index (χ1v) is 7.65. The highest BCUT2D eigenvalue weighted by Gasteiger charge is 2.31. The van der Waals surface area contributed by atoms with Gasteiger partial charge in [-0.1, -0.05) is 11.3 Å². The number of benzene rings is 1. The first kappa shape index (κ1) is 16.6. The minimum atomic E-state index is -0.853. The number of nitrogens with one attached hydrogen (secondary N) is 1. The van der Waals surface area contributed by atoms with Crippen LogP contribution in [0.3, 0.4) is 0 Å². The predicted octanol–water partition coefficient (Wildman–Crippen LogP) is 1.16. The Balaban J connectivity index is 1.69. The number of carbonyl (C=O) groups is 2. The smallest absolute Gasteiger partial charge is 0.306 e. The summed E-state index contributed by atoms with van der Waals surface area (Å²) < 4.78 is 1.27. The predicted molar refractivity (Wildman–Crippen MR) is 84.2 cm³/mol. The topological polar surface area (TPSA) is 140 Å². The SMILES string of the molecule is O=C(N[C@H]1CC[C@@H](C(=O)O)C1)c1cn(-c2cccc([N+](=O)[O-])c2)nn1. The lowest BCUT2D eigenvalue weighted by molar-refractivity contribution is -0.384. The number of nitrogens with zero attached hydrogens (tertiary/aromatic N) is 4. The molecule has 1 aliphatic rings. The van der Waals surface area contributed by atoms with Crippen LogP contribution in [-0.4, -0.2) is 42.9 Å². The number of aliphatic carboxylic acids is 1. The van der Waals surface area contributed by atoms with Gasteiger partial charge >= 0.3 is 5.97 Å². The van der Waals surface area contributed by atoms with Gasteiger partial charge in [-0.25, -0.2) is 4.68 Å². The third kappa shape index (κ3) is 3.62. The maximum atomic E-state index is 12.2. The van der Waals surface area contributed by atoms with Gasteiger partial charge in [-0.05, 0) is 25.3 Å². The molecule has 3 rings (SSSR count). The van der Waals surface area contributed by atoms with Crippen molar-refractivity contribution in [3.63, 3.8) is 0 Å². The Labute approximate surface area is 141 Å². The Morgan fingerprint density at radius 2 is 2.16 bits per heavy atom. The molecule has 0 spiro atoms. The summed E-state index contributed by atoms with van der Waals surface area (Å²) in [7, 11) is 0. The summed E-state index contributed by atoms with van der Waals surface area (Å²) in [6, 6.07) is 5.59. The van der Waals surface area contributed by atoms with Crippen LogP contribution < -0.4 is 5.32 Å². The third-order valence-electron chi connectivity index (χ3n) is 4.15. The summed E-state index contributed by atoms with van der Waals surface area (Å²) in [5, 5.41) is 30.1. The molecule has 2 aromatic rings. The quantitative estimate of drug-likeness (QED) is 0.612. The number of rotatable bonds is 5. The molecule has 1 aromatic heterocycles. The zero-order chi connectivity index (χ0) is 18.0. The van der Waals surface area contributed by atoms with Crippen LogP contribution in [0.1, 0.15) is 29.8 Å². The highest BCUT2D eigenvalue weighted by molar-refractivity contribution is 5.92. The van der Waals surface area contributed by atoms with Gasteiger partial charge in [-0.15, -0.1) is 5.10 Å². The van der Waals surface area contributed by atoms with Crippen LogP contribution in [0.4, 0.5) is 5.69 Å². The van der Waals surface area contributed by atoms with Gasteiger partial charge in [0.1, 0.15) is 0 Å². The number of nitro benzene ring substituents is 1. The van der Waals surface area contributed by atoms with Crippen LogP contribution in [0.2, 0.25) is 0 Å². The summed E-state index contributed by atoms with van der Waals surface area (Å²) in [6.07, 6.45) is 2.89. The Morgan fingerprint density at radius 1 is 1.36 bits per heavy atom. The fourth-order valence-electron chi connectivity index (χ4n) is 2.84. The Bertz CT molecular complexity index is 833. The van der Waals surface area contributed by atoms with Crippen molar-refractivity contribution < 1.29 is 19.6 Å². The molecule has 0 aliphatic heterocycles. The van der Waals surface area contributed by atoms with Crippen LogP contribution in [-0.2, 0) is 4.79 Å².